The van der Waals surface area contributed by atoms with Gasteiger partial charge in [-0.2, -0.15) is 0 Å². The van der Waals surface area contributed by atoms with Gasteiger partial charge in [0.15, 0.2) is 0 Å². The van der Waals surface area contributed by atoms with Crippen LogP contribution in [0.4, 0.5) is 0 Å². The summed E-state index contributed by atoms with van der Waals surface area (Å²) in [6.45, 7) is 11.1. The Morgan fingerprint density at radius 2 is 2.27 bits per heavy atom. The third-order valence-corrected chi connectivity index (χ3v) is 3.28. The first-order chi connectivity index (χ1) is 7.05. The van der Waals surface area contributed by atoms with Crippen LogP contribution < -0.4 is 5.32 Å². The third-order valence-electron chi connectivity index (χ3n) is 3.28. The zero-order chi connectivity index (χ0) is 10.9. The number of hydrogen-bond acceptors (Lipinski definition) is 3. The molecule has 0 aromatic carbocycles. The second-order valence-corrected chi connectivity index (χ2v) is 5.68. The highest BCUT2D eigenvalue weighted by molar-refractivity contribution is 4.86. The minimum Gasteiger partial charge on any atom is -0.370 e. The van der Waals surface area contributed by atoms with Crippen LogP contribution in [0.1, 0.15) is 33.6 Å². The van der Waals surface area contributed by atoms with Crippen LogP contribution in [0.2, 0.25) is 0 Å². The number of rotatable bonds is 2. The van der Waals surface area contributed by atoms with E-state index in [2.05, 4.69) is 31.0 Å². The van der Waals surface area contributed by atoms with Gasteiger partial charge in [0.05, 0.1) is 11.7 Å². The molecule has 2 aliphatic rings. The summed E-state index contributed by atoms with van der Waals surface area (Å²) in [7, 11) is 0. The minimum absolute atomic E-state index is 0.0241. The van der Waals surface area contributed by atoms with Crippen LogP contribution in [0.5, 0.6) is 0 Å². The number of nitrogens with one attached hydrogen (secondary N) is 1. The van der Waals surface area contributed by atoms with Gasteiger partial charge in [-0.25, -0.2) is 0 Å². The molecule has 2 fully saturated rings. The van der Waals surface area contributed by atoms with E-state index >= 15 is 0 Å². The lowest BCUT2D eigenvalue weighted by Gasteiger charge is -2.42. The molecular formula is C12H24N2O. The zero-order valence-corrected chi connectivity index (χ0v) is 10.3. The number of hydrogen-bond donors (Lipinski definition) is 1. The van der Waals surface area contributed by atoms with Crippen LogP contribution >= 0.6 is 0 Å². The van der Waals surface area contributed by atoms with Gasteiger partial charge in [-0.05, 0) is 40.2 Å². The van der Waals surface area contributed by atoms with Crippen LogP contribution in [-0.2, 0) is 4.74 Å². The second kappa shape index (κ2) is 4.40. The van der Waals surface area contributed by atoms with Gasteiger partial charge in [-0.3, -0.25) is 4.90 Å². The summed E-state index contributed by atoms with van der Waals surface area (Å²) in [5.41, 5.74) is 0.0241. The first-order valence-electron chi connectivity index (χ1n) is 6.19. The van der Waals surface area contributed by atoms with Crippen LogP contribution in [0.15, 0.2) is 0 Å². The number of nitrogens with zero attached hydrogens (tertiary/aromatic N) is 1. The highest BCUT2D eigenvalue weighted by Crippen LogP contribution is 2.21. The SMILES string of the molecule is CC1CN(C[C@H]2CCCN2)CC(C)(C)O1. The smallest absolute Gasteiger partial charge is 0.0757 e. The van der Waals surface area contributed by atoms with Crippen molar-refractivity contribution in [2.75, 3.05) is 26.2 Å². The molecule has 0 aliphatic carbocycles. The van der Waals surface area contributed by atoms with Gasteiger partial charge in [-0.1, -0.05) is 0 Å². The van der Waals surface area contributed by atoms with E-state index in [4.69, 9.17) is 4.74 Å². The summed E-state index contributed by atoms with van der Waals surface area (Å²) >= 11 is 0. The van der Waals surface area contributed by atoms with Crippen molar-refractivity contribution in [3.05, 3.63) is 0 Å². The highest BCUT2D eigenvalue weighted by atomic mass is 16.5. The van der Waals surface area contributed by atoms with Crippen molar-refractivity contribution >= 4 is 0 Å². The molecule has 0 saturated carbocycles. The van der Waals surface area contributed by atoms with E-state index in [0.29, 0.717) is 12.1 Å². The molecule has 0 aromatic rings. The van der Waals surface area contributed by atoms with E-state index in [1.807, 2.05) is 0 Å². The molecule has 2 heterocycles. The summed E-state index contributed by atoms with van der Waals surface area (Å²) in [5, 5.41) is 3.56. The molecule has 0 bridgehead atoms. The molecule has 0 amide bonds. The molecule has 15 heavy (non-hydrogen) atoms. The lowest BCUT2D eigenvalue weighted by Crippen LogP contribution is -2.54. The standard InChI is InChI=1S/C12H24N2O/c1-10-7-14(9-12(2,3)15-10)8-11-5-4-6-13-11/h10-11,13H,4-9H2,1-3H3/t10?,11-/m1/s1. The zero-order valence-electron chi connectivity index (χ0n) is 10.3. The number of ether oxygens (including phenoxy) is 1. The average molecular weight is 212 g/mol. The molecule has 88 valence electrons. The third kappa shape index (κ3) is 3.16. The first-order valence-corrected chi connectivity index (χ1v) is 6.19. The monoisotopic (exact) mass is 212 g/mol. The first kappa shape index (κ1) is 11.4. The van der Waals surface area contributed by atoms with Crippen molar-refractivity contribution in [3.8, 4) is 0 Å². The Morgan fingerprint density at radius 3 is 2.87 bits per heavy atom. The van der Waals surface area contributed by atoms with E-state index in [0.717, 1.165) is 13.1 Å². The predicted molar refractivity (Wildman–Crippen MR) is 62.1 cm³/mol. The largest absolute Gasteiger partial charge is 0.370 e. The summed E-state index contributed by atoms with van der Waals surface area (Å²) in [6, 6.07) is 0.714. The van der Waals surface area contributed by atoms with Gasteiger partial charge < -0.3 is 10.1 Å². The number of morpholine rings is 1. The average Bonchev–Trinajstić information content (AvgIpc) is 2.52. The molecule has 2 saturated heterocycles. The molecule has 1 N–H and O–H groups in total. The quantitative estimate of drug-likeness (QED) is 0.745. The summed E-state index contributed by atoms with van der Waals surface area (Å²) < 4.78 is 5.91. The van der Waals surface area contributed by atoms with Crippen molar-refractivity contribution in [3.63, 3.8) is 0 Å². The Hall–Kier alpha value is -0.120. The molecule has 0 spiro atoms. The normalized spacial score (nSPS) is 37.0. The fourth-order valence-corrected chi connectivity index (χ4v) is 2.95. The van der Waals surface area contributed by atoms with Crippen LogP contribution in [0, 0.1) is 0 Å². The predicted octanol–water partition coefficient (Wildman–Crippen LogP) is 1.24. The minimum atomic E-state index is 0.0241. The maximum Gasteiger partial charge on any atom is 0.0757 e. The molecule has 3 nitrogen and oxygen atoms in total. The topological polar surface area (TPSA) is 24.5 Å². The molecule has 0 aromatic heterocycles. The van der Waals surface area contributed by atoms with E-state index < -0.39 is 0 Å². The van der Waals surface area contributed by atoms with Crippen molar-refractivity contribution in [1.29, 1.82) is 0 Å². The van der Waals surface area contributed by atoms with Gasteiger partial charge in [0.1, 0.15) is 0 Å². The Balaban J connectivity index is 1.85. The van der Waals surface area contributed by atoms with E-state index in [1.54, 1.807) is 0 Å². The lowest BCUT2D eigenvalue weighted by molar-refractivity contribution is -0.129. The van der Waals surface area contributed by atoms with E-state index in [1.165, 1.54) is 25.9 Å². The Bertz CT molecular complexity index is 212. The van der Waals surface area contributed by atoms with Crippen molar-refractivity contribution in [2.24, 2.45) is 0 Å². The lowest BCUT2D eigenvalue weighted by atomic mass is 10.0. The summed E-state index contributed by atoms with van der Waals surface area (Å²) in [4.78, 5) is 2.55. The van der Waals surface area contributed by atoms with Crippen LogP contribution in [0.25, 0.3) is 0 Å². The van der Waals surface area contributed by atoms with E-state index in [-0.39, 0.29) is 5.60 Å². The Morgan fingerprint density at radius 1 is 1.47 bits per heavy atom. The van der Waals surface area contributed by atoms with Crippen LogP contribution in [-0.4, -0.2) is 48.8 Å². The Kier molecular flexibility index (Phi) is 3.33. The van der Waals surface area contributed by atoms with Gasteiger partial charge >= 0.3 is 0 Å². The molecule has 2 aliphatic heterocycles. The molecular weight excluding hydrogens is 188 g/mol. The Labute approximate surface area is 93.2 Å². The molecule has 3 heteroatoms. The van der Waals surface area contributed by atoms with Gasteiger partial charge in [-0.15, -0.1) is 0 Å². The summed E-state index contributed by atoms with van der Waals surface area (Å²) in [6.07, 6.45) is 3.05. The fourth-order valence-electron chi connectivity index (χ4n) is 2.95. The van der Waals surface area contributed by atoms with Gasteiger partial charge in [0.25, 0.3) is 0 Å². The second-order valence-electron chi connectivity index (χ2n) is 5.68. The molecule has 1 unspecified atom stereocenters. The maximum absolute atomic E-state index is 5.91. The van der Waals surface area contributed by atoms with Crippen molar-refractivity contribution < 1.29 is 4.74 Å². The maximum atomic E-state index is 5.91. The highest BCUT2D eigenvalue weighted by Gasteiger charge is 2.32. The summed E-state index contributed by atoms with van der Waals surface area (Å²) in [5.74, 6) is 0. The van der Waals surface area contributed by atoms with Gasteiger partial charge in [0.2, 0.25) is 0 Å². The van der Waals surface area contributed by atoms with Crippen molar-refractivity contribution in [2.45, 2.75) is 51.4 Å². The molecule has 0 radical (unpaired) electrons. The van der Waals surface area contributed by atoms with Crippen molar-refractivity contribution in [1.82, 2.24) is 10.2 Å². The van der Waals surface area contributed by atoms with Gasteiger partial charge in [0, 0.05) is 25.7 Å². The van der Waals surface area contributed by atoms with E-state index in [9.17, 15) is 0 Å². The fraction of sp³-hybridized carbons (Fsp3) is 1.00. The molecule has 2 atom stereocenters. The molecule has 2 rings (SSSR count). The van der Waals surface area contributed by atoms with Crippen LogP contribution in [0.3, 0.4) is 0 Å².